The van der Waals surface area contributed by atoms with Crippen molar-refractivity contribution >= 4 is 58.6 Å². The number of ether oxygens (including phenoxy) is 1. The molecule has 0 bridgehead atoms. The summed E-state index contributed by atoms with van der Waals surface area (Å²) in [6.07, 6.45) is 1.75. The van der Waals surface area contributed by atoms with E-state index in [9.17, 15) is 0 Å². The van der Waals surface area contributed by atoms with Crippen molar-refractivity contribution in [2.45, 2.75) is 26.7 Å². The van der Waals surface area contributed by atoms with Gasteiger partial charge in [-0.25, -0.2) is 4.98 Å². The fourth-order valence-electron chi connectivity index (χ4n) is 2.13. The van der Waals surface area contributed by atoms with Gasteiger partial charge in [-0.2, -0.15) is 0 Å². The Morgan fingerprint density at radius 2 is 2.21 bits per heavy atom. The number of nitrogens with two attached hydrogens (primary N) is 1. The van der Waals surface area contributed by atoms with Gasteiger partial charge in [0.15, 0.2) is 5.96 Å². The van der Waals surface area contributed by atoms with Gasteiger partial charge in [-0.15, -0.1) is 35.3 Å². The van der Waals surface area contributed by atoms with Gasteiger partial charge in [-0.3, -0.25) is 4.99 Å². The quantitative estimate of drug-likeness (QED) is 0.368. The van der Waals surface area contributed by atoms with Crippen LogP contribution in [-0.2, 0) is 12.8 Å². The summed E-state index contributed by atoms with van der Waals surface area (Å²) in [5.41, 5.74) is 7.85. The van der Waals surface area contributed by atoms with Gasteiger partial charge in [0.05, 0.1) is 22.8 Å². The van der Waals surface area contributed by atoms with E-state index in [1.807, 2.05) is 6.07 Å². The molecule has 0 aliphatic carbocycles. The molecule has 132 valence electrons. The summed E-state index contributed by atoms with van der Waals surface area (Å²) in [7, 11) is 1.58. The maximum Gasteiger partial charge on any atom is 0.193 e. The molecule has 0 saturated heterocycles. The van der Waals surface area contributed by atoms with E-state index in [4.69, 9.17) is 22.1 Å². The standard InChI is InChI=1S/C16H21ClN4OS.HI/c1-4-13-10(2)23-15(21-13)7-8-19-16(18)20-11-5-6-14(22-3)12(17)9-11;/h5-6,9H,4,7-8H2,1-3H3,(H3,18,19,20);1H. The highest BCUT2D eigenvalue weighted by Crippen LogP contribution is 2.27. The number of nitrogens with one attached hydrogen (secondary N) is 1. The monoisotopic (exact) mass is 480 g/mol. The number of hydrogen-bond acceptors (Lipinski definition) is 4. The molecule has 1 aromatic carbocycles. The number of benzene rings is 1. The highest BCUT2D eigenvalue weighted by Gasteiger charge is 2.06. The first-order valence-corrected chi connectivity index (χ1v) is 8.58. The minimum atomic E-state index is 0. The molecule has 0 amide bonds. The number of guanidine groups is 1. The lowest BCUT2D eigenvalue weighted by Crippen LogP contribution is -2.23. The fourth-order valence-corrected chi connectivity index (χ4v) is 3.39. The SMILES string of the molecule is CCc1nc(CCN=C(N)Nc2ccc(OC)c(Cl)c2)sc1C.I. The molecule has 2 aromatic rings. The van der Waals surface area contributed by atoms with Crippen molar-refractivity contribution in [3.05, 3.63) is 38.8 Å². The van der Waals surface area contributed by atoms with E-state index >= 15 is 0 Å². The molecule has 0 atom stereocenters. The second-order valence-corrected chi connectivity index (χ2v) is 6.65. The predicted molar refractivity (Wildman–Crippen MR) is 113 cm³/mol. The first-order valence-electron chi connectivity index (χ1n) is 7.39. The molecule has 5 nitrogen and oxygen atoms in total. The van der Waals surface area contributed by atoms with Gasteiger partial charge >= 0.3 is 0 Å². The minimum Gasteiger partial charge on any atom is -0.495 e. The lowest BCUT2D eigenvalue weighted by molar-refractivity contribution is 0.415. The first-order chi connectivity index (χ1) is 11.0. The smallest absolute Gasteiger partial charge is 0.193 e. The summed E-state index contributed by atoms with van der Waals surface area (Å²) in [5, 5.41) is 4.64. The molecule has 8 heteroatoms. The Morgan fingerprint density at radius 1 is 1.46 bits per heavy atom. The molecule has 0 radical (unpaired) electrons. The maximum atomic E-state index is 6.08. The Morgan fingerprint density at radius 3 is 2.79 bits per heavy atom. The number of aryl methyl sites for hydroxylation is 2. The van der Waals surface area contributed by atoms with Gasteiger partial charge in [-0.1, -0.05) is 18.5 Å². The molecular weight excluding hydrogens is 459 g/mol. The van der Waals surface area contributed by atoms with Crippen molar-refractivity contribution in [3.8, 4) is 5.75 Å². The number of nitrogens with zero attached hydrogens (tertiary/aromatic N) is 2. The number of rotatable bonds is 6. The summed E-state index contributed by atoms with van der Waals surface area (Å²) >= 11 is 7.80. The zero-order valence-corrected chi connectivity index (χ0v) is 17.8. The second-order valence-electron chi connectivity index (χ2n) is 4.96. The van der Waals surface area contributed by atoms with Crippen LogP contribution in [0.15, 0.2) is 23.2 Å². The van der Waals surface area contributed by atoms with Crippen LogP contribution in [0.4, 0.5) is 5.69 Å². The molecule has 3 N–H and O–H groups in total. The number of aromatic nitrogens is 1. The number of hydrogen-bond donors (Lipinski definition) is 2. The molecule has 0 aliphatic rings. The topological polar surface area (TPSA) is 72.5 Å². The Hall–Kier alpha value is -1.06. The van der Waals surface area contributed by atoms with E-state index in [0.717, 1.165) is 23.5 Å². The number of aliphatic imine (C=N–C) groups is 1. The summed E-state index contributed by atoms with van der Waals surface area (Å²) in [6.45, 7) is 4.82. The van der Waals surface area contributed by atoms with Crippen LogP contribution >= 0.6 is 46.9 Å². The first kappa shape index (κ1) is 21.0. The van der Waals surface area contributed by atoms with Crippen LogP contribution in [0.5, 0.6) is 5.75 Å². The molecule has 1 aromatic heterocycles. The average molecular weight is 481 g/mol. The fraction of sp³-hybridized carbons (Fsp3) is 0.375. The van der Waals surface area contributed by atoms with E-state index in [2.05, 4.69) is 29.1 Å². The highest BCUT2D eigenvalue weighted by molar-refractivity contribution is 14.0. The van der Waals surface area contributed by atoms with Crippen molar-refractivity contribution in [2.75, 3.05) is 19.0 Å². The van der Waals surface area contributed by atoms with Crippen LogP contribution in [0.3, 0.4) is 0 Å². The van der Waals surface area contributed by atoms with Crippen LogP contribution in [0.25, 0.3) is 0 Å². The Labute approximate surface area is 168 Å². The molecule has 1 heterocycles. The lowest BCUT2D eigenvalue weighted by Gasteiger charge is -2.08. The van der Waals surface area contributed by atoms with E-state index in [-0.39, 0.29) is 24.0 Å². The summed E-state index contributed by atoms with van der Waals surface area (Å²) < 4.78 is 5.11. The number of methoxy groups -OCH3 is 1. The maximum absolute atomic E-state index is 6.08. The van der Waals surface area contributed by atoms with Gasteiger partial charge in [0, 0.05) is 23.5 Å². The normalized spacial score (nSPS) is 11.1. The molecule has 0 fully saturated rings. The van der Waals surface area contributed by atoms with Gasteiger partial charge < -0.3 is 15.8 Å². The van der Waals surface area contributed by atoms with Crippen molar-refractivity contribution < 1.29 is 4.74 Å². The van der Waals surface area contributed by atoms with Crippen LogP contribution in [0, 0.1) is 6.92 Å². The lowest BCUT2D eigenvalue weighted by atomic mass is 10.3. The van der Waals surface area contributed by atoms with E-state index < -0.39 is 0 Å². The minimum absolute atomic E-state index is 0. The summed E-state index contributed by atoms with van der Waals surface area (Å²) in [5.74, 6) is 0.980. The van der Waals surface area contributed by atoms with Crippen LogP contribution in [0.1, 0.15) is 22.5 Å². The summed E-state index contributed by atoms with van der Waals surface area (Å²) in [4.78, 5) is 10.2. The number of halogens is 2. The van der Waals surface area contributed by atoms with Crippen LogP contribution < -0.4 is 15.8 Å². The second kappa shape index (κ2) is 10.0. The molecule has 24 heavy (non-hydrogen) atoms. The van der Waals surface area contributed by atoms with Crippen molar-refractivity contribution in [3.63, 3.8) is 0 Å². The zero-order chi connectivity index (χ0) is 16.8. The Balaban J connectivity index is 0.00000288. The summed E-state index contributed by atoms with van der Waals surface area (Å²) in [6, 6.07) is 5.37. The predicted octanol–water partition coefficient (Wildman–Crippen LogP) is 4.26. The van der Waals surface area contributed by atoms with E-state index in [1.54, 1.807) is 30.6 Å². The Bertz CT molecular complexity index is 705. The average Bonchev–Trinajstić information content (AvgIpc) is 2.87. The molecule has 0 aliphatic heterocycles. The molecular formula is C16H22ClIN4OS. The van der Waals surface area contributed by atoms with Crippen molar-refractivity contribution in [1.82, 2.24) is 4.98 Å². The van der Waals surface area contributed by atoms with Crippen LogP contribution in [0.2, 0.25) is 5.02 Å². The number of thiazole rings is 1. The third kappa shape index (κ3) is 5.78. The largest absolute Gasteiger partial charge is 0.495 e. The third-order valence-electron chi connectivity index (χ3n) is 3.30. The molecule has 2 rings (SSSR count). The molecule has 0 spiro atoms. The third-order valence-corrected chi connectivity index (χ3v) is 4.67. The van der Waals surface area contributed by atoms with Crippen molar-refractivity contribution in [1.29, 1.82) is 0 Å². The Kier molecular flexibility index (Phi) is 8.79. The van der Waals surface area contributed by atoms with Gasteiger partial charge in [0.1, 0.15) is 5.75 Å². The van der Waals surface area contributed by atoms with Crippen LogP contribution in [-0.4, -0.2) is 24.6 Å². The van der Waals surface area contributed by atoms with Gasteiger partial charge in [0.2, 0.25) is 0 Å². The van der Waals surface area contributed by atoms with E-state index in [0.29, 0.717) is 23.3 Å². The molecule has 0 unspecified atom stereocenters. The van der Waals surface area contributed by atoms with Gasteiger partial charge in [-0.05, 0) is 31.5 Å². The van der Waals surface area contributed by atoms with E-state index in [1.165, 1.54) is 10.6 Å². The van der Waals surface area contributed by atoms with Gasteiger partial charge in [0.25, 0.3) is 0 Å². The molecule has 0 saturated carbocycles. The zero-order valence-electron chi connectivity index (χ0n) is 13.9. The number of anilines is 1. The van der Waals surface area contributed by atoms with Crippen molar-refractivity contribution in [2.24, 2.45) is 10.7 Å². The highest BCUT2D eigenvalue weighted by atomic mass is 127.